The Morgan fingerprint density at radius 1 is 0.520 bits per heavy atom. The van der Waals surface area contributed by atoms with Crippen LogP contribution in [0, 0.1) is 0 Å². The van der Waals surface area contributed by atoms with Gasteiger partial charge >= 0.3 is 17.9 Å². The van der Waals surface area contributed by atoms with Crippen molar-refractivity contribution < 1.29 is 26.6 Å². The summed E-state index contributed by atoms with van der Waals surface area (Å²) in [6, 6.07) is 0. The lowest BCUT2D eigenvalue weighted by molar-refractivity contribution is 0.0261. The minimum absolute atomic E-state index is 0.475. The maximum absolute atomic E-state index is 6.08. The van der Waals surface area contributed by atoms with Gasteiger partial charge in [0.15, 0.2) is 0 Å². The first kappa shape index (κ1) is 25.2. The number of unbranched alkanes of at least 4 members (excludes halogenated alkanes) is 2. The molecule has 152 valence electrons. The second kappa shape index (κ2) is 15.2. The fourth-order valence-electron chi connectivity index (χ4n) is 2.12. The Kier molecular flexibility index (Phi) is 15.3. The Bertz CT molecular complexity index is 272. The highest BCUT2D eigenvalue weighted by atomic mass is 28.5. The molecule has 0 saturated carbocycles. The molecule has 0 saturated heterocycles. The van der Waals surface area contributed by atoms with Crippen LogP contribution in [0.2, 0.25) is 0 Å². The van der Waals surface area contributed by atoms with E-state index in [9.17, 15) is 0 Å². The van der Waals surface area contributed by atoms with E-state index in [1.165, 1.54) is 0 Å². The summed E-state index contributed by atoms with van der Waals surface area (Å²) in [6.45, 7) is 15.0. The van der Waals surface area contributed by atoms with Crippen LogP contribution in [0.3, 0.4) is 0 Å². The third kappa shape index (κ3) is 10.2. The van der Waals surface area contributed by atoms with Gasteiger partial charge in [0.1, 0.15) is 0 Å². The molecule has 0 aliphatic heterocycles. The number of rotatable bonds is 18. The predicted molar refractivity (Wildman–Crippen MR) is 103 cm³/mol. The molecule has 0 atom stereocenters. The molecule has 0 heterocycles. The van der Waals surface area contributed by atoms with Crippen LogP contribution in [0.25, 0.3) is 0 Å². The average Bonchev–Trinajstić information content (AvgIpc) is 2.56. The summed E-state index contributed by atoms with van der Waals surface area (Å²) in [6.07, 6.45) is 3.95. The molecule has 0 unspecified atom stereocenters. The summed E-state index contributed by atoms with van der Waals surface area (Å²) >= 11 is 0. The van der Waals surface area contributed by atoms with E-state index < -0.39 is 17.9 Å². The molecule has 0 spiro atoms. The lowest BCUT2D eigenvalue weighted by Crippen LogP contribution is -2.73. The summed E-state index contributed by atoms with van der Waals surface area (Å²) in [5, 5.41) is 0. The first-order valence-corrected chi connectivity index (χ1v) is 13.1. The molecule has 0 aliphatic rings. The van der Waals surface area contributed by atoms with Gasteiger partial charge in [0.25, 0.3) is 0 Å². The zero-order chi connectivity index (χ0) is 19.0. The van der Waals surface area contributed by atoms with Gasteiger partial charge in [-0.2, -0.15) is 0 Å². The molecule has 0 amide bonds. The smallest absolute Gasteiger partial charge is 0.362 e. The van der Waals surface area contributed by atoms with Crippen molar-refractivity contribution in [2.45, 2.75) is 67.2 Å². The Hall–Kier alpha value is 0.154. The van der Waals surface area contributed by atoms with Crippen molar-refractivity contribution in [3.05, 3.63) is 0 Å². The molecule has 25 heavy (non-hydrogen) atoms. The van der Waals surface area contributed by atoms with E-state index in [4.69, 9.17) is 26.6 Å². The summed E-state index contributed by atoms with van der Waals surface area (Å²) in [7, 11) is -6.33. The lowest BCUT2D eigenvalue weighted by Gasteiger charge is -2.36. The van der Waals surface area contributed by atoms with Crippen LogP contribution in [-0.4, -0.2) is 57.6 Å². The van der Waals surface area contributed by atoms with Crippen LogP contribution in [-0.2, 0) is 26.6 Å². The van der Waals surface area contributed by atoms with Crippen molar-refractivity contribution >= 4 is 17.9 Å². The van der Waals surface area contributed by atoms with Gasteiger partial charge < -0.3 is 26.6 Å². The van der Waals surface area contributed by atoms with E-state index in [0.29, 0.717) is 39.6 Å². The van der Waals surface area contributed by atoms with Crippen LogP contribution < -0.4 is 4.65 Å². The summed E-state index contributed by atoms with van der Waals surface area (Å²) in [5.41, 5.74) is 0. The SMILES string of the molecule is CCCCO[Si](N[Si](OCC)(OCC)OCCCC)(OCC)OCC. The van der Waals surface area contributed by atoms with Gasteiger partial charge in [-0.05, 0) is 40.5 Å². The second-order valence-electron chi connectivity index (χ2n) is 5.37. The maximum Gasteiger partial charge on any atom is 0.595 e. The molecule has 9 heteroatoms. The van der Waals surface area contributed by atoms with Gasteiger partial charge in [-0.15, -0.1) is 0 Å². The first-order chi connectivity index (χ1) is 12.1. The molecule has 0 fully saturated rings. The molecule has 0 aliphatic carbocycles. The molecule has 0 rings (SSSR count). The maximum atomic E-state index is 6.08. The molecular weight excluding hydrogens is 358 g/mol. The van der Waals surface area contributed by atoms with Gasteiger partial charge in [0.05, 0.1) is 0 Å². The van der Waals surface area contributed by atoms with Crippen LogP contribution in [0.1, 0.15) is 67.2 Å². The van der Waals surface area contributed by atoms with E-state index in [1.807, 2.05) is 27.7 Å². The third-order valence-electron chi connectivity index (χ3n) is 3.22. The minimum atomic E-state index is -3.17. The Morgan fingerprint density at radius 2 is 0.840 bits per heavy atom. The highest BCUT2D eigenvalue weighted by Gasteiger charge is 2.56. The highest BCUT2D eigenvalue weighted by molar-refractivity contribution is 6.75. The monoisotopic (exact) mass is 397 g/mol. The van der Waals surface area contributed by atoms with Crippen molar-refractivity contribution in [1.29, 1.82) is 0 Å². The van der Waals surface area contributed by atoms with Crippen molar-refractivity contribution in [3.63, 3.8) is 0 Å². The van der Waals surface area contributed by atoms with Crippen LogP contribution in [0.5, 0.6) is 0 Å². The van der Waals surface area contributed by atoms with Gasteiger partial charge in [-0.1, -0.05) is 26.7 Å². The highest BCUT2D eigenvalue weighted by Crippen LogP contribution is 2.16. The summed E-state index contributed by atoms with van der Waals surface area (Å²) < 4.78 is 39.3. The molecule has 1 N–H and O–H groups in total. The lowest BCUT2D eigenvalue weighted by atomic mass is 10.4. The zero-order valence-electron chi connectivity index (χ0n) is 17.0. The standard InChI is InChI=1S/C16H39NO6Si2/c1-7-13-15-22-24(18-9-3,19-10-4)17-25(20-11-5,21-12-6)23-16-14-8-2/h17H,7-16H2,1-6H3. The number of hydrogen-bond donors (Lipinski definition) is 1. The first-order valence-electron chi connectivity index (χ1n) is 9.70. The molecule has 7 nitrogen and oxygen atoms in total. The molecule has 0 aromatic carbocycles. The van der Waals surface area contributed by atoms with Crippen LogP contribution >= 0.6 is 0 Å². The van der Waals surface area contributed by atoms with Gasteiger partial charge in [-0.3, -0.25) is 0 Å². The Morgan fingerprint density at radius 3 is 1.08 bits per heavy atom. The van der Waals surface area contributed by atoms with Crippen molar-refractivity contribution in [2.24, 2.45) is 0 Å². The fraction of sp³-hybridized carbons (Fsp3) is 1.00. The largest absolute Gasteiger partial charge is 0.595 e. The van der Waals surface area contributed by atoms with Gasteiger partial charge in [-0.25, -0.2) is 4.65 Å². The van der Waals surface area contributed by atoms with E-state index in [0.717, 1.165) is 25.7 Å². The third-order valence-corrected chi connectivity index (χ3v) is 9.52. The summed E-state index contributed by atoms with van der Waals surface area (Å²) in [5.74, 6) is 0. The molecule has 0 radical (unpaired) electrons. The number of hydrogen-bond acceptors (Lipinski definition) is 7. The minimum Gasteiger partial charge on any atom is -0.362 e. The van der Waals surface area contributed by atoms with Crippen molar-refractivity contribution in [1.82, 2.24) is 4.65 Å². The van der Waals surface area contributed by atoms with Crippen molar-refractivity contribution in [2.75, 3.05) is 39.6 Å². The Balaban J connectivity index is 5.40. The van der Waals surface area contributed by atoms with Crippen LogP contribution in [0.4, 0.5) is 0 Å². The molecule has 0 aromatic rings. The summed E-state index contributed by atoms with van der Waals surface area (Å²) in [4.78, 5) is 0. The van der Waals surface area contributed by atoms with E-state index in [-0.39, 0.29) is 0 Å². The normalized spacial score (nSPS) is 12.7. The average molecular weight is 398 g/mol. The van der Waals surface area contributed by atoms with E-state index in [1.54, 1.807) is 0 Å². The fourth-order valence-corrected chi connectivity index (χ4v) is 8.19. The topological polar surface area (TPSA) is 67.4 Å². The Labute approximate surface area is 156 Å². The van der Waals surface area contributed by atoms with E-state index >= 15 is 0 Å². The predicted octanol–water partition coefficient (Wildman–Crippen LogP) is 3.23. The van der Waals surface area contributed by atoms with Gasteiger partial charge in [0, 0.05) is 39.6 Å². The quantitative estimate of drug-likeness (QED) is 0.281. The van der Waals surface area contributed by atoms with Gasteiger partial charge in [0.2, 0.25) is 0 Å². The van der Waals surface area contributed by atoms with E-state index in [2.05, 4.69) is 18.5 Å². The molecular formula is C16H39NO6Si2. The molecule has 0 aromatic heterocycles. The zero-order valence-corrected chi connectivity index (χ0v) is 19.0. The molecule has 0 bridgehead atoms. The van der Waals surface area contributed by atoms with Crippen LogP contribution in [0.15, 0.2) is 0 Å². The van der Waals surface area contributed by atoms with Crippen molar-refractivity contribution in [3.8, 4) is 0 Å². The number of nitrogens with one attached hydrogen (secondary N) is 1. The second-order valence-corrected chi connectivity index (χ2v) is 10.3.